The minimum Gasteiger partial charge on any atom is -0.454 e. The van der Waals surface area contributed by atoms with E-state index in [2.05, 4.69) is 30.0 Å². The number of carbonyl (C=O) groups excluding carboxylic acids is 1. The molecule has 0 radical (unpaired) electrons. The van der Waals surface area contributed by atoms with Crippen molar-refractivity contribution in [1.82, 2.24) is 9.88 Å². The van der Waals surface area contributed by atoms with Gasteiger partial charge >= 0.3 is 0 Å². The summed E-state index contributed by atoms with van der Waals surface area (Å²) >= 11 is 1.72. The van der Waals surface area contributed by atoms with Crippen LogP contribution in [0.5, 0.6) is 11.5 Å². The zero-order valence-electron chi connectivity index (χ0n) is 16.1. The lowest BCUT2D eigenvalue weighted by atomic mass is 10.2. The summed E-state index contributed by atoms with van der Waals surface area (Å²) in [4.78, 5) is 21.6. The first-order valence-corrected chi connectivity index (χ1v) is 10.5. The molecule has 2 aliphatic heterocycles. The number of rotatable bonds is 3. The predicted octanol–water partition coefficient (Wildman–Crippen LogP) is 3.70. The molecule has 0 unspecified atom stereocenters. The number of fused-ring (bicyclic) bond motifs is 2. The molecule has 6 nitrogen and oxygen atoms in total. The standard InChI is InChI=1S/C22H21N3O3S/c1-15-3-2-4-19-21(15)23-22(29-19)25-11-9-24(10-12-25)20(26)8-6-16-5-7-17-18(13-16)28-14-27-17/h2-8,13H,9-12,14H2,1H3/b8-6-. The van der Waals surface area contributed by atoms with E-state index in [1.54, 1.807) is 17.4 Å². The molecular formula is C22H21N3O3S. The minimum absolute atomic E-state index is 0.0301. The highest BCUT2D eigenvalue weighted by Crippen LogP contribution is 2.33. The van der Waals surface area contributed by atoms with Crippen LogP contribution in [0.25, 0.3) is 16.3 Å². The molecule has 1 amide bonds. The maximum absolute atomic E-state index is 12.6. The van der Waals surface area contributed by atoms with Crippen LogP contribution in [0.1, 0.15) is 11.1 Å². The van der Waals surface area contributed by atoms with Crippen LogP contribution in [-0.2, 0) is 4.79 Å². The molecular weight excluding hydrogens is 386 g/mol. The highest BCUT2D eigenvalue weighted by Gasteiger charge is 2.22. The van der Waals surface area contributed by atoms with Gasteiger partial charge < -0.3 is 19.3 Å². The fraction of sp³-hybridized carbons (Fsp3) is 0.273. The zero-order valence-corrected chi connectivity index (χ0v) is 16.9. The van der Waals surface area contributed by atoms with Gasteiger partial charge in [-0.2, -0.15) is 0 Å². The van der Waals surface area contributed by atoms with Gasteiger partial charge in [-0.1, -0.05) is 29.5 Å². The number of ether oxygens (including phenoxy) is 2. The molecule has 0 aliphatic carbocycles. The Morgan fingerprint density at radius 1 is 1.10 bits per heavy atom. The Bertz CT molecular complexity index is 1100. The van der Waals surface area contributed by atoms with Gasteiger partial charge in [0.15, 0.2) is 16.6 Å². The van der Waals surface area contributed by atoms with E-state index in [0.29, 0.717) is 13.1 Å². The summed E-state index contributed by atoms with van der Waals surface area (Å²) in [7, 11) is 0. The normalized spacial score (nSPS) is 16.2. The van der Waals surface area contributed by atoms with Crippen molar-refractivity contribution in [1.29, 1.82) is 0 Å². The molecule has 2 aromatic carbocycles. The summed E-state index contributed by atoms with van der Waals surface area (Å²) in [5.41, 5.74) is 3.20. The van der Waals surface area contributed by atoms with Crippen molar-refractivity contribution in [3.05, 3.63) is 53.6 Å². The highest BCUT2D eigenvalue weighted by molar-refractivity contribution is 7.22. The van der Waals surface area contributed by atoms with Gasteiger partial charge in [0.25, 0.3) is 0 Å². The van der Waals surface area contributed by atoms with Gasteiger partial charge in [-0.15, -0.1) is 0 Å². The molecule has 0 saturated carbocycles. The molecule has 5 rings (SSSR count). The first-order chi connectivity index (χ1) is 14.2. The van der Waals surface area contributed by atoms with Crippen LogP contribution in [-0.4, -0.2) is 48.8 Å². The van der Waals surface area contributed by atoms with Crippen molar-refractivity contribution in [3.63, 3.8) is 0 Å². The van der Waals surface area contributed by atoms with Crippen LogP contribution < -0.4 is 14.4 Å². The first-order valence-electron chi connectivity index (χ1n) is 9.65. The number of thiazole rings is 1. The summed E-state index contributed by atoms with van der Waals surface area (Å²) in [6.07, 6.45) is 3.46. The largest absolute Gasteiger partial charge is 0.454 e. The molecule has 29 heavy (non-hydrogen) atoms. The summed E-state index contributed by atoms with van der Waals surface area (Å²) < 4.78 is 11.9. The maximum Gasteiger partial charge on any atom is 0.246 e. The second-order valence-corrected chi connectivity index (χ2v) is 8.19. The van der Waals surface area contributed by atoms with Gasteiger partial charge in [-0.3, -0.25) is 4.79 Å². The van der Waals surface area contributed by atoms with E-state index in [0.717, 1.165) is 40.8 Å². The molecule has 1 saturated heterocycles. The fourth-order valence-corrected chi connectivity index (χ4v) is 4.71. The van der Waals surface area contributed by atoms with E-state index in [9.17, 15) is 4.79 Å². The second kappa shape index (κ2) is 7.40. The molecule has 7 heteroatoms. The van der Waals surface area contributed by atoms with E-state index in [4.69, 9.17) is 14.5 Å². The Labute approximate surface area is 173 Å². The minimum atomic E-state index is 0.0301. The van der Waals surface area contributed by atoms with Crippen molar-refractivity contribution in [2.75, 3.05) is 37.9 Å². The lowest BCUT2D eigenvalue weighted by Crippen LogP contribution is -2.48. The Kier molecular flexibility index (Phi) is 4.60. The van der Waals surface area contributed by atoms with Gasteiger partial charge in [0, 0.05) is 32.3 Å². The average Bonchev–Trinajstić information content (AvgIpc) is 3.39. The third-order valence-electron chi connectivity index (χ3n) is 5.29. The topological polar surface area (TPSA) is 54.9 Å². The summed E-state index contributed by atoms with van der Waals surface area (Å²) in [5, 5.41) is 1.04. The first kappa shape index (κ1) is 18.0. The monoisotopic (exact) mass is 407 g/mol. The molecule has 3 heterocycles. The predicted molar refractivity (Wildman–Crippen MR) is 115 cm³/mol. The number of hydrogen-bond acceptors (Lipinski definition) is 6. The van der Waals surface area contributed by atoms with Crippen molar-refractivity contribution in [3.8, 4) is 11.5 Å². The van der Waals surface area contributed by atoms with E-state index in [1.807, 2.05) is 29.2 Å². The third kappa shape index (κ3) is 3.53. The number of hydrogen-bond donors (Lipinski definition) is 0. The number of nitrogens with zero attached hydrogens (tertiary/aromatic N) is 3. The lowest BCUT2D eigenvalue weighted by Gasteiger charge is -2.34. The number of carbonyl (C=O) groups is 1. The molecule has 148 valence electrons. The molecule has 0 atom stereocenters. The van der Waals surface area contributed by atoms with Crippen LogP contribution in [0.4, 0.5) is 5.13 Å². The average molecular weight is 407 g/mol. The molecule has 1 aromatic heterocycles. The van der Waals surface area contributed by atoms with Crippen molar-refractivity contribution in [2.24, 2.45) is 0 Å². The van der Waals surface area contributed by atoms with E-state index in [-0.39, 0.29) is 12.7 Å². The third-order valence-corrected chi connectivity index (χ3v) is 6.37. The number of benzene rings is 2. The number of aromatic nitrogens is 1. The Balaban J connectivity index is 1.22. The van der Waals surface area contributed by atoms with E-state index < -0.39 is 0 Å². The van der Waals surface area contributed by atoms with Gasteiger partial charge in [-0.05, 0) is 42.3 Å². The van der Waals surface area contributed by atoms with Crippen molar-refractivity contribution in [2.45, 2.75) is 6.92 Å². The molecule has 0 spiro atoms. The Morgan fingerprint density at radius 2 is 1.93 bits per heavy atom. The quantitative estimate of drug-likeness (QED) is 0.620. The molecule has 0 N–H and O–H groups in total. The van der Waals surface area contributed by atoms with E-state index in [1.165, 1.54) is 10.3 Å². The van der Waals surface area contributed by atoms with Crippen LogP contribution in [0.15, 0.2) is 42.5 Å². The maximum atomic E-state index is 12.6. The summed E-state index contributed by atoms with van der Waals surface area (Å²) in [6, 6.07) is 12.0. The zero-order chi connectivity index (χ0) is 19.8. The SMILES string of the molecule is Cc1cccc2sc(N3CCN(C(=O)/C=C\c4ccc5c(c4)OCO5)CC3)nc12. The summed E-state index contributed by atoms with van der Waals surface area (Å²) in [6.45, 7) is 5.32. The van der Waals surface area contributed by atoms with Gasteiger partial charge in [-0.25, -0.2) is 4.98 Å². The van der Waals surface area contributed by atoms with Crippen LogP contribution >= 0.6 is 11.3 Å². The van der Waals surface area contributed by atoms with Crippen LogP contribution in [0.3, 0.4) is 0 Å². The molecule has 3 aromatic rings. The lowest BCUT2D eigenvalue weighted by molar-refractivity contribution is -0.126. The molecule has 2 aliphatic rings. The Morgan fingerprint density at radius 3 is 2.76 bits per heavy atom. The number of piperazine rings is 1. The highest BCUT2D eigenvalue weighted by atomic mass is 32.1. The van der Waals surface area contributed by atoms with E-state index >= 15 is 0 Å². The Hall–Kier alpha value is -3.06. The van der Waals surface area contributed by atoms with Crippen LogP contribution in [0.2, 0.25) is 0 Å². The van der Waals surface area contributed by atoms with Crippen molar-refractivity contribution >= 4 is 38.7 Å². The van der Waals surface area contributed by atoms with Crippen molar-refractivity contribution < 1.29 is 14.3 Å². The smallest absolute Gasteiger partial charge is 0.246 e. The summed E-state index contributed by atoms with van der Waals surface area (Å²) in [5.74, 6) is 1.50. The van der Waals surface area contributed by atoms with Gasteiger partial charge in [0.2, 0.25) is 12.7 Å². The molecule has 0 bridgehead atoms. The molecule has 1 fully saturated rings. The number of amides is 1. The second-order valence-electron chi connectivity index (χ2n) is 7.18. The fourth-order valence-electron chi connectivity index (χ4n) is 3.62. The van der Waals surface area contributed by atoms with Gasteiger partial charge in [0.1, 0.15) is 0 Å². The number of aryl methyl sites for hydroxylation is 1. The number of anilines is 1. The van der Waals surface area contributed by atoms with Gasteiger partial charge in [0.05, 0.1) is 10.2 Å². The number of para-hydroxylation sites is 1. The van der Waals surface area contributed by atoms with Crippen LogP contribution in [0, 0.1) is 6.92 Å².